The van der Waals surface area contributed by atoms with E-state index in [4.69, 9.17) is 15.6 Å². The van der Waals surface area contributed by atoms with Crippen LogP contribution in [0.4, 0.5) is 5.69 Å². The average molecular weight is 278 g/mol. The quantitative estimate of drug-likeness (QED) is 0.860. The highest BCUT2D eigenvalue weighted by Crippen LogP contribution is 2.34. The number of carboxylic acids is 1. The summed E-state index contributed by atoms with van der Waals surface area (Å²) in [7, 11) is 0. The van der Waals surface area contributed by atoms with Crippen molar-refractivity contribution in [3.8, 4) is 5.75 Å². The molecule has 1 aromatic rings. The highest BCUT2D eigenvalue weighted by atomic mass is 16.5. The van der Waals surface area contributed by atoms with Gasteiger partial charge in [-0.3, -0.25) is 4.79 Å². The highest BCUT2D eigenvalue weighted by Gasteiger charge is 2.39. The molecule has 1 aliphatic heterocycles. The Bertz CT molecular complexity index is 542. The van der Waals surface area contributed by atoms with E-state index < -0.39 is 17.6 Å². The van der Waals surface area contributed by atoms with E-state index in [0.29, 0.717) is 17.9 Å². The van der Waals surface area contributed by atoms with Crippen molar-refractivity contribution < 1.29 is 19.4 Å². The van der Waals surface area contributed by atoms with Crippen molar-refractivity contribution in [2.24, 2.45) is 5.73 Å². The fourth-order valence-corrected chi connectivity index (χ4v) is 2.01. The third-order valence-corrected chi connectivity index (χ3v) is 3.52. The van der Waals surface area contributed by atoms with Crippen LogP contribution < -0.4 is 15.4 Å². The lowest BCUT2D eigenvalue weighted by Crippen LogP contribution is -2.57. The largest absolute Gasteiger partial charge is 0.478 e. The Kier molecular flexibility index (Phi) is 3.67. The second kappa shape index (κ2) is 5.13. The molecule has 0 radical (unpaired) electrons. The van der Waals surface area contributed by atoms with E-state index >= 15 is 0 Å². The smallest absolute Gasteiger partial charge is 0.346 e. The molecule has 0 aliphatic carbocycles. The molecule has 1 heterocycles. The number of carbonyl (C=O) groups excluding carboxylic acids is 1. The second-order valence-electron chi connectivity index (χ2n) is 5.10. The number of hydrogen-bond donors (Lipinski definition) is 2. The third-order valence-electron chi connectivity index (χ3n) is 3.52. The first-order valence-electron chi connectivity index (χ1n) is 6.46. The average Bonchev–Trinajstić information content (AvgIpc) is 2.45. The standard InChI is InChI=1S/C14H18N2O4/c1-3-14(2,15)13(19)16-8-11(12(17)18)20-10-7-5-4-6-9(10)16/h4-7,11H,3,8,15H2,1-2H3,(H,17,18). The van der Waals surface area contributed by atoms with Gasteiger partial charge in [0.15, 0.2) is 0 Å². The van der Waals surface area contributed by atoms with Crippen molar-refractivity contribution in [1.29, 1.82) is 0 Å². The summed E-state index contributed by atoms with van der Waals surface area (Å²) in [5.74, 6) is -1.03. The van der Waals surface area contributed by atoms with Crippen molar-refractivity contribution in [2.45, 2.75) is 31.9 Å². The van der Waals surface area contributed by atoms with Crippen LogP contribution in [0, 0.1) is 0 Å². The molecule has 0 aromatic heterocycles. The summed E-state index contributed by atoms with van der Waals surface area (Å²) in [6.07, 6.45) is -0.621. The van der Waals surface area contributed by atoms with Crippen molar-refractivity contribution in [3.05, 3.63) is 24.3 Å². The first-order chi connectivity index (χ1) is 9.36. The van der Waals surface area contributed by atoms with Gasteiger partial charge in [-0.2, -0.15) is 0 Å². The van der Waals surface area contributed by atoms with Crippen LogP contribution >= 0.6 is 0 Å². The minimum atomic E-state index is -1.10. The van der Waals surface area contributed by atoms with E-state index in [1.54, 1.807) is 31.2 Å². The predicted octanol–water partition coefficient (Wildman–Crippen LogP) is 0.993. The molecule has 6 heteroatoms. The predicted molar refractivity (Wildman–Crippen MR) is 73.7 cm³/mol. The number of para-hydroxylation sites is 2. The summed E-state index contributed by atoms with van der Waals surface area (Å²) in [5.41, 5.74) is 5.51. The van der Waals surface area contributed by atoms with Crippen LogP contribution in [0.1, 0.15) is 20.3 Å². The van der Waals surface area contributed by atoms with Crippen LogP contribution in [0.15, 0.2) is 24.3 Å². The van der Waals surface area contributed by atoms with E-state index in [9.17, 15) is 9.59 Å². The number of carbonyl (C=O) groups is 2. The zero-order chi connectivity index (χ0) is 14.9. The summed E-state index contributed by atoms with van der Waals surface area (Å²) in [6, 6.07) is 6.86. The van der Waals surface area contributed by atoms with Crippen LogP contribution in [0.5, 0.6) is 5.75 Å². The summed E-state index contributed by atoms with van der Waals surface area (Å²) in [6.45, 7) is 3.42. The second-order valence-corrected chi connectivity index (χ2v) is 5.10. The molecule has 2 rings (SSSR count). The molecule has 3 N–H and O–H groups in total. The molecular weight excluding hydrogens is 260 g/mol. The molecule has 108 valence electrons. The topological polar surface area (TPSA) is 92.9 Å². The van der Waals surface area contributed by atoms with Gasteiger partial charge in [-0.05, 0) is 25.5 Å². The summed E-state index contributed by atoms with van der Waals surface area (Å²) in [5, 5.41) is 9.13. The van der Waals surface area contributed by atoms with Crippen molar-refractivity contribution in [1.82, 2.24) is 0 Å². The summed E-state index contributed by atoms with van der Waals surface area (Å²) < 4.78 is 5.39. The molecule has 2 unspecified atom stereocenters. The fraction of sp³-hybridized carbons (Fsp3) is 0.429. The molecule has 1 aromatic carbocycles. The summed E-state index contributed by atoms with van der Waals surface area (Å²) >= 11 is 0. The van der Waals surface area contributed by atoms with Gasteiger partial charge in [0.2, 0.25) is 12.0 Å². The minimum Gasteiger partial charge on any atom is -0.478 e. The van der Waals surface area contributed by atoms with Gasteiger partial charge >= 0.3 is 5.97 Å². The lowest BCUT2D eigenvalue weighted by molar-refractivity contribution is -0.145. The fourth-order valence-electron chi connectivity index (χ4n) is 2.01. The Hall–Kier alpha value is -2.08. The molecule has 20 heavy (non-hydrogen) atoms. The molecule has 0 saturated carbocycles. The Morgan fingerprint density at radius 1 is 1.50 bits per heavy atom. The number of aliphatic carboxylic acids is 1. The lowest BCUT2D eigenvalue weighted by atomic mass is 9.97. The molecule has 0 spiro atoms. The maximum atomic E-state index is 12.5. The zero-order valence-corrected chi connectivity index (χ0v) is 11.5. The summed E-state index contributed by atoms with van der Waals surface area (Å²) in [4.78, 5) is 25.1. The maximum absolute atomic E-state index is 12.5. The zero-order valence-electron chi connectivity index (χ0n) is 11.5. The number of fused-ring (bicyclic) bond motifs is 1. The van der Waals surface area contributed by atoms with E-state index in [0.717, 1.165) is 0 Å². The van der Waals surface area contributed by atoms with Gasteiger partial charge in [-0.25, -0.2) is 4.79 Å². The molecule has 2 atom stereocenters. The van der Waals surface area contributed by atoms with Crippen molar-refractivity contribution in [2.75, 3.05) is 11.4 Å². The van der Waals surface area contributed by atoms with E-state index in [1.807, 2.05) is 6.92 Å². The van der Waals surface area contributed by atoms with Crippen LogP contribution in [0.3, 0.4) is 0 Å². The number of ether oxygens (including phenoxy) is 1. The lowest BCUT2D eigenvalue weighted by Gasteiger charge is -2.37. The first kappa shape index (κ1) is 14.3. The molecular formula is C14H18N2O4. The van der Waals surface area contributed by atoms with E-state index in [2.05, 4.69) is 0 Å². The van der Waals surface area contributed by atoms with Gasteiger partial charge in [0.05, 0.1) is 17.8 Å². The molecule has 0 saturated heterocycles. The first-order valence-corrected chi connectivity index (χ1v) is 6.46. The van der Waals surface area contributed by atoms with Gasteiger partial charge in [0, 0.05) is 0 Å². The third kappa shape index (κ3) is 2.46. The van der Waals surface area contributed by atoms with Gasteiger partial charge in [0.1, 0.15) is 5.75 Å². The van der Waals surface area contributed by atoms with E-state index in [1.165, 1.54) is 4.90 Å². The Morgan fingerprint density at radius 3 is 2.75 bits per heavy atom. The van der Waals surface area contributed by atoms with Crippen LogP contribution in [-0.2, 0) is 9.59 Å². The molecule has 0 fully saturated rings. The molecule has 6 nitrogen and oxygen atoms in total. The number of amides is 1. The maximum Gasteiger partial charge on any atom is 0.346 e. The Morgan fingerprint density at radius 2 is 2.15 bits per heavy atom. The highest BCUT2D eigenvalue weighted by molar-refractivity contribution is 6.02. The number of carboxylic acid groups (broad SMARTS) is 1. The van der Waals surface area contributed by atoms with Gasteiger partial charge < -0.3 is 20.5 Å². The van der Waals surface area contributed by atoms with Crippen molar-refractivity contribution in [3.63, 3.8) is 0 Å². The molecule has 0 bridgehead atoms. The van der Waals surface area contributed by atoms with Crippen LogP contribution in [-0.4, -0.2) is 35.2 Å². The number of nitrogens with two attached hydrogens (primary N) is 1. The monoisotopic (exact) mass is 278 g/mol. The Labute approximate surface area is 117 Å². The van der Waals surface area contributed by atoms with Gasteiger partial charge in [0.25, 0.3) is 0 Å². The van der Waals surface area contributed by atoms with Gasteiger partial charge in [-0.15, -0.1) is 0 Å². The normalized spacial score (nSPS) is 20.6. The number of rotatable bonds is 3. The number of nitrogens with zero attached hydrogens (tertiary/aromatic N) is 1. The number of benzene rings is 1. The Balaban J connectivity index is 2.41. The van der Waals surface area contributed by atoms with Gasteiger partial charge in [-0.1, -0.05) is 19.1 Å². The van der Waals surface area contributed by atoms with Crippen molar-refractivity contribution >= 4 is 17.6 Å². The molecule has 1 aliphatic rings. The minimum absolute atomic E-state index is 0.0437. The van der Waals surface area contributed by atoms with E-state index in [-0.39, 0.29) is 12.5 Å². The molecule has 1 amide bonds. The van der Waals surface area contributed by atoms with Crippen LogP contribution in [0.2, 0.25) is 0 Å². The van der Waals surface area contributed by atoms with Crippen LogP contribution in [0.25, 0.3) is 0 Å². The number of anilines is 1. The SMILES string of the molecule is CCC(C)(N)C(=O)N1CC(C(=O)O)Oc2ccccc21. The number of hydrogen-bond acceptors (Lipinski definition) is 4.